The molecule has 0 unspecified atom stereocenters. The van der Waals surface area contributed by atoms with Gasteiger partial charge in [0.2, 0.25) is 0 Å². The Kier molecular flexibility index (Phi) is 3.30. The van der Waals surface area contributed by atoms with Crippen molar-refractivity contribution >= 4 is 0 Å². The first-order valence-corrected chi connectivity index (χ1v) is 5.60. The average molecular weight is 212 g/mol. The van der Waals surface area contributed by atoms with Gasteiger partial charge in [-0.1, -0.05) is 38.1 Å². The van der Waals surface area contributed by atoms with E-state index in [2.05, 4.69) is 48.1 Å². The maximum atomic E-state index is 4.22. The molecule has 0 N–H and O–H groups in total. The summed E-state index contributed by atoms with van der Waals surface area (Å²) < 4.78 is 0. The second-order valence-corrected chi connectivity index (χ2v) is 4.24. The van der Waals surface area contributed by atoms with Crippen LogP contribution in [0, 0.1) is 0 Å². The van der Waals surface area contributed by atoms with Crippen molar-refractivity contribution in [2.75, 3.05) is 0 Å². The van der Waals surface area contributed by atoms with Gasteiger partial charge in [-0.2, -0.15) is 0 Å². The lowest BCUT2D eigenvalue weighted by molar-refractivity contribution is 0.864. The van der Waals surface area contributed by atoms with Crippen molar-refractivity contribution in [2.24, 2.45) is 0 Å². The molecule has 0 aliphatic carbocycles. The quantitative estimate of drug-likeness (QED) is 0.780. The fourth-order valence-corrected chi connectivity index (χ4v) is 1.62. The van der Waals surface area contributed by atoms with Crippen LogP contribution in [-0.2, 0) is 6.42 Å². The molecule has 2 nitrogen and oxygen atoms in total. The van der Waals surface area contributed by atoms with Crippen molar-refractivity contribution in [1.82, 2.24) is 9.97 Å². The first-order chi connectivity index (χ1) is 7.75. The molecule has 1 heterocycles. The van der Waals surface area contributed by atoms with E-state index in [1.165, 1.54) is 11.1 Å². The lowest BCUT2D eigenvalue weighted by Gasteiger charge is -2.06. The van der Waals surface area contributed by atoms with E-state index in [-0.39, 0.29) is 0 Å². The number of aromatic nitrogens is 2. The molecule has 1 aromatic carbocycles. The van der Waals surface area contributed by atoms with Gasteiger partial charge in [-0.3, -0.25) is 0 Å². The molecule has 0 amide bonds. The Morgan fingerprint density at radius 3 is 2.19 bits per heavy atom. The molecule has 82 valence electrons. The molecule has 0 saturated heterocycles. The van der Waals surface area contributed by atoms with Crippen molar-refractivity contribution in [2.45, 2.75) is 26.2 Å². The summed E-state index contributed by atoms with van der Waals surface area (Å²) in [5, 5.41) is 0. The summed E-state index contributed by atoms with van der Waals surface area (Å²) in [5.41, 5.74) is 2.63. The summed E-state index contributed by atoms with van der Waals surface area (Å²) in [6.07, 6.45) is 4.37. The monoisotopic (exact) mass is 212 g/mol. The Bertz CT molecular complexity index is 432. The summed E-state index contributed by atoms with van der Waals surface area (Å²) in [4.78, 5) is 8.44. The van der Waals surface area contributed by atoms with Crippen LogP contribution in [0.3, 0.4) is 0 Å². The normalized spacial score (nSPS) is 10.7. The first kappa shape index (κ1) is 10.8. The second kappa shape index (κ2) is 4.88. The lowest BCUT2D eigenvalue weighted by Crippen LogP contribution is -1.95. The zero-order chi connectivity index (χ0) is 11.4. The van der Waals surface area contributed by atoms with Gasteiger partial charge in [0, 0.05) is 18.8 Å². The highest BCUT2D eigenvalue weighted by Gasteiger charge is 2.00. The summed E-state index contributed by atoms with van der Waals surface area (Å²) in [5.74, 6) is 1.46. The molecule has 0 atom stereocenters. The predicted molar refractivity (Wildman–Crippen MR) is 65.4 cm³/mol. The number of nitrogens with zero attached hydrogens (tertiary/aromatic N) is 2. The highest BCUT2D eigenvalue weighted by molar-refractivity contribution is 5.26. The summed E-state index contributed by atoms with van der Waals surface area (Å²) >= 11 is 0. The van der Waals surface area contributed by atoms with Gasteiger partial charge in [-0.25, -0.2) is 9.97 Å². The Balaban J connectivity index is 2.11. The molecule has 0 aliphatic rings. The molecule has 0 saturated carbocycles. The molecule has 0 spiro atoms. The highest BCUT2D eigenvalue weighted by Crippen LogP contribution is 2.15. The Morgan fingerprint density at radius 2 is 1.62 bits per heavy atom. The van der Waals surface area contributed by atoms with E-state index in [4.69, 9.17) is 0 Å². The molecule has 2 aromatic rings. The van der Waals surface area contributed by atoms with E-state index in [0.29, 0.717) is 5.92 Å². The topological polar surface area (TPSA) is 25.8 Å². The maximum Gasteiger partial charge on any atom is 0.132 e. The van der Waals surface area contributed by atoms with E-state index in [1.807, 2.05) is 6.07 Å². The van der Waals surface area contributed by atoms with E-state index >= 15 is 0 Å². The van der Waals surface area contributed by atoms with Crippen molar-refractivity contribution < 1.29 is 0 Å². The van der Waals surface area contributed by atoms with Gasteiger partial charge in [-0.05, 0) is 23.1 Å². The zero-order valence-corrected chi connectivity index (χ0v) is 9.72. The number of hydrogen-bond acceptors (Lipinski definition) is 2. The van der Waals surface area contributed by atoms with Crippen LogP contribution in [0.4, 0.5) is 0 Å². The second-order valence-electron chi connectivity index (χ2n) is 4.24. The molecule has 0 radical (unpaired) electrons. The third-order valence-corrected chi connectivity index (χ3v) is 2.63. The van der Waals surface area contributed by atoms with Crippen LogP contribution in [-0.4, -0.2) is 9.97 Å². The van der Waals surface area contributed by atoms with E-state index < -0.39 is 0 Å². The summed E-state index contributed by atoms with van der Waals surface area (Å²) in [6.45, 7) is 4.41. The van der Waals surface area contributed by atoms with Crippen molar-refractivity contribution in [1.29, 1.82) is 0 Å². The van der Waals surface area contributed by atoms with Crippen molar-refractivity contribution in [3.8, 4) is 0 Å². The van der Waals surface area contributed by atoms with Gasteiger partial charge in [0.05, 0.1) is 0 Å². The van der Waals surface area contributed by atoms with Crippen LogP contribution in [0.5, 0.6) is 0 Å². The van der Waals surface area contributed by atoms with Gasteiger partial charge >= 0.3 is 0 Å². The van der Waals surface area contributed by atoms with Gasteiger partial charge in [0.15, 0.2) is 0 Å². The molecule has 0 fully saturated rings. The van der Waals surface area contributed by atoms with Gasteiger partial charge in [-0.15, -0.1) is 0 Å². The zero-order valence-electron chi connectivity index (χ0n) is 9.72. The fourth-order valence-electron chi connectivity index (χ4n) is 1.62. The van der Waals surface area contributed by atoms with Crippen molar-refractivity contribution in [3.05, 3.63) is 59.7 Å². The van der Waals surface area contributed by atoms with Crippen LogP contribution in [0.25, 0.3) is 0 Å². The summed E-state index contributed by atoms with van der Waals surface area (Å²) in [7, 11) is 0. The number of benzene rings is 1. The van der Waals surface area contributed by atoms with Crippen LogP contribution in [0.2, 0.25) is 0 Å². The molecule has 1 aromatic heterocycles. The van der Waals surface area contributed by atoms with Gasteiger partial charge in [0.1, 0.15) is 5.82 Å². The fraction of sp³-hybridized carbons (Fsp3) is 0.286. The minimum Gasteiger partial charge on any atom is -0.241 e. The van der Waals surface area contributed by atoms with Crippen LogP contribution in [0.15, 0.2) is 42.7 Å². The largest absolute Gasteiger partial charge is 0.241 e. The third-order valence-electron chi connectivity index (χ3n) is 2.63. The van der Waals surface area contributed by atoms with Crippen LogP contribution in [0.1, 0.15) is 36.7 Å². The average Bonchev–Trinajstić information content (AvgIpc) is 2.31. The molecule has 0 bridgehead atoms. The Labute approximate surface area is 96.4 Å². The predicted octanol–water partition coefficient (Wildman–Crippen LogP) is 3.19. The van der Waals surface area contributed by atoms with Crippen LogP contribution < -0.4 is 0 Å². The third kappa shape index (κ3) is 2.66. The van der Waals surface area contributed by atoms with Gasteiger partial charge < -0.3 is 0 Å². The first-order valence-electron chi connectivity index (χ1n) is 5.60. The van der Waals surface area contributed by atoms with E-state index in [1.54, 1.807) is 12.4 Å². The van der Waals surface area contributed by atoms with Crippen molar-refractivity contribution in [3.63, 3.8) is 0 Å². The van der Waals surface area contributed by atoms with Gasteiger partial charge in [0.25, 0.3) is 0 Å². The number of rotatable bonds is 3. The highest BCUT2D eigenvalue weighted by atomic mass is 14.8. The Hall–Kier alpha value is -1.70. The molecular weight excluding hydrogens is 196 g/mol. The number of hydrogen-bond donors (Lipinski definition) is 0. The minimum absolute atomic E-state index is 0.585. The molecule has 16 heavy (non-hydrogen) atoms. The van der Waals surface area contributed by atoms with E-state index in [9.17, 15) is 0 Å². The summed E-state index contributed by atoms with van der Waals surface area (Å²) in [6, 6.07) is 10.5. The molecule has 2 rings (SSSR count). The standard InChI is InChI=1S/C14H16N2/c1-11(2)13-6-4-12(5-7-13)10-14-15-8-3-9-16-14/h3-9,11H,10H2,1-2H3. The van der Waals surface area contributed by atoms with Crippen LogP contribution >= 0.6 is 0 Å². The van der Waals surface area contributed by atoms with E-state index in [0.717, 1.165) is 12.2 Å². The lowest BCUT2D eigenvalue weighted by atomic mass is 10.0. The molecular formula is C14H16N2. The molecule has 0 aliphatic heterocycles. The molecule has 2 heteroatoms. The smallest absolute Gasteiger partial charge is 0.132 e. The minimum atomic E-state index is 0.585. The SMILES string of the molecule is CC(C)c1ccc(Cc2ncccn2)cc1. The Morgan fingerprint density at radius 1 is 1.00 bits per heavy atom. The maximum absolute atomic E-state index is 4.22.